The van der Waals surface area contributed by atoms with Crippen LogP contribution in [0, 0.1) is 0 Å². The molecule has 0 aliphatic carbocycles. The van der Waals surface area contributed by atoms with Gasteiger partial charge in [-0.1, -0.05) is 17.7 Å². The molecule has 3 nitrogen and oxygen atoms in total. The summed E-state index contributed by atoms with van der Waals surface area (Å²) in [5.41, 5.74) is 1.81. The number of ether oxygens (including phenoxy) is 1. The third-order valence-corrected chi connectivity index (χ3v) is 3.16. The molecule has 19 heavy (non-hydrogen) atoms. The predicted octanol–water partition coefficient (Wildman–Crippen LogP) is 4.11. The highest BCUT2D eigenvalue weighted by Crippen LogP contribution is 2.25. The SMILES string of the molecule is Oc1cccc2[nH]c(COc3ccc(Cl)cc3)cc12. The first-order chi connectivity index (χ1) is 9.22. The molecule has 0 aliphatic rings. The number of aromatic amines is 1. The smallest absolute Gasteiger partial charge is 0.128 e. The van der Waals surface area contributed by atoms with Gasteiger partial charge in [-0.05, 0) is 42.5 Å². The molecule has 0 fully saturated rings. The average Bonchev–Trinajstić information content (AvgIpc) is 2.83. The van der Waals surface area contributed by atoms with E-state index in [2.05, 4.69) is 4.98 Å². The lowest BCUT2D eigenvalue weighted by atomic mass is 10.2. The van der Waals surface area contributed by atoms with Crippen LogP contribution in [0.4, 0.5) is 0 Å². The van der Waals surface area contributed by atoms with Crippen LogP contribution >= 0.6 is 11.6 Å². The molecule has 1 heterocycles. The average molecular weight is 274 g/mol. The molecule has 2 aromatic carbocycles. The van der Waals surface area contributed by atoms with Crippen molar-refractivity contribution in [3.8, 4) is 11.5 Å². The van der Waals surface area contributed by atoms with Gasteiger partial charge in [-0.15, -0.1) is 0 Å². The molecule has 0 atom stereocenters. The number of benzene rings is 2. The Morgan fingerprint density at radius 3 is 2.63 bits per heavy atom. The molecule has 0 aliphatic heterocycles. The van der Waals surface area contributed by atoms with E-state index >= 15 is 0 Å². The molecule has 0 radical (unpaired) electrons. The maximum Gasteiger partial charge on any atom is 0.128 e. The summed E-state index contributed by atoms with van der Waals surface area (Å²) in [5, 5.41) is 11.2. The van der Waals surface area contributed by atoms with Gasteiger partial charge in [-0.2, -0.15) is 0 Å². The number of aromatic nitrogens is 1. The minimum absolute atomic E-state index is 0.270. The fourth-order valence-electron chi connectivity index (χ4n) is 1.97. The van der Waals surface area contributed by atoms with Crippen molar-refractivity contribution < 1.29 is 9.84 Å². The van der Waals surface area contributed by atoms with Gasteiger partial charge < -0.3 is 14.8 Å². The lowest BCUT2D eigenvalue weighted by Gasteiger charge is -2.04. The number of phenols is 1. The molecule has 0 amide bonds. The molecule has 0 saturated heterocycles. The van der Waals surface area contributed by atoms with E-state index in [0.717, 1.165) is 22.3 Å². The van der Waals surface area contributed by atoms with Crippen molar-refractivity contribution >= 4 is 22.5 Å². The summed E-state index contributed by atoms with van der Waals surface area (Å²) >= 11 is 5.81. The van der Waals surface area contributed by atoms with E-state index < -0.39 is 0 Å². The molecular formula is C15H12ClNO2. The van der Waals surface area contributed by atoms with Crippen LogP contribution in [0.2, 0.25) is 5.02 Å². The van der Waals surface area contributed by atoms with Gasteiger partial charge in [0.15, 0.2) is 0 Å². The molecule has 4 heteroatoms. The molecule has 0 unspecified atom stereocenters. The van der Waals surface area contributed by atoms with Crippen molar-refractivity contribution in [2.24, 2.45) is 0 Å². The zero-order chi connectivity index (χ0) is 13.2. The second-order valence-electron chi connectivity index (χ2n) is 4.28. The summed E-state index contributed by atoms with van der Waals surface area (Å²) in [6.45, 7) is 0.412. The third kappa shape index (κ3) is 2.51. The van der Waals surface area contributed by atoms with E-state index in [1.807, 2.05) is 24.3 Å². The summed E-state index contributed by atoms with van der Waals surface area (Å²) in [4.78, 5) is 3.21. The van der Waals surface area contributed by atoms with Crippen molar-refractivity contribution in [1.29, 1.82) is 0 Å². The Labute approximate surface area is 115 Å². The highest BCUT2D eigenvalue weighted by Gasteiger charge is 2.05. The van der Waals surface area contributed by atoms with Gasteiger partial charge in [0.1, 0.15) is 18.1 Å². The van der Waals surface area contributed by atoms with Gasteiger partial charge in [0.05, 0.1) is 5.69 Å². The van der Waals surface area contributed by atoms with Crippen LogP contribution < -0.4 is 4.74 Å². The van der Waals surface area contributed by atoms with Crippen LogP contribution in [0.1, 0.15) is 5.69 Å². The molecular weight excluding hydrogens is 262 g/mol. The van der Waals surface area contributed by atoms with Gasteiger partial charge in [-0.3, -0.25) is 0 Å². The number of hydrogen-bond donors (Lipinski definition) is 2. The fraction of sp³-hybridized carbons (Fsp3) is 0.0667. The van der Waals surface area contributed by atoms with Crippen LogP contribution in [-0.2, 0) is 6.61 Å². The van der Waals surface area contributed by atoms with Crippen LogP contribution in [0.3, 0.4) is 0 Å². The van der Waals surface area contributed by atoms with E-state index in [9.17, 15) is 5.11 Å². The van der Waals surface area contributed by atoms with Crippen molar-refractivity contribution in [2.45, 2.75) is 6.61 Å². The Balaban J connectivity index is 1.78. The van der Waals surface area contributed by atoms with Gasteiger partial charge in [0.25, 0.3) is 0 Å². The fourth-order valence-corrected chi connectivity index (χ4v) is 2.09. The maximum absolute atomic E-state index is 9.72. The Kier molecular flexibility index (Phi) is 3.05. The topological polar surface area (TPSA) is 45.2 Å². The van der Waals surface area contributed by atoms with Gasteiger partial charge in [-0.25, -0.2) is 0 Å². The van der Waals surface area contributed by atoms with E-state index in [1.54, 1.807) is 24.3 Å². The van der Waals surface area contributed by atoms with E-state index in [4.69, 9.17) is 16.3 Å². The number of halogens is 1. The minimum Gasteiger partial charge on any atom is -0.507 e. The first kappa shape index (κ1) is 11.9. The summed E-state index contributed by atoms with van der Waals surface area (Å²) < 4.78 is 5.64. The molecule has 96 valence electrons. The number of nitrogens with one attached hydrogen (secondary N) is 1. The Morgan fingerprint density at radius 1 is 1.11 bits per heavy atom. The molecule has 3 rings (SSSR count). The number of aromatic hydroxyl groups is 1. The standard InChI is InChI=1S/C15H12ClNO2/c16-10-4-6-12(7-5-10)19-9-11-8-13-14(17-11)2-1-3-15(13)18/h1-8,17-18H,9H2. The van der Waals surface area contributed by atoms with Crippen LogP contribution in [0.25, 0.3) is 10.9 Å². The quantitative estimate of drug-likeness (QED) is 0.754. The molecule has 0 spiro atoms. The van der Waals surface area contributed by atoms with Crippen LogP contribution in [0.15, 0.2) is 48.5 Å². The zero-order valence-corrected chi connectivity index (χ0v) is 10.8. The van der Waals surface area contributed by atoms with Crippen molar-refractivity contribution in [3.05, 3.63) is 59.2 Å². The lowest BCUT2D eigenvalue weighted by molar-refractivity contribution is 0.302. The highest BCUT2D eigenvalue weighted by atomic mass is 35.5. The Hall–Kier alpha value is -2.13. The predicted molar refractivity (Wildman–Crippen MR) is 75.7 cm³/mol. The van der Waals surface area contributed by atoms with Gasteiger partial charge >= 0.3 is 0 Å². The summed E-state index contributed by atoms with van der Waals surface area (Å²) in [6, 6.07) is 14.5. The molecule has 1 aromatic heterocycles. The first-order valence-electron chi connectivity index (χ1n) is 5.90. The maximum atomic E-state index is 9.72. The number of phenolic OH excluding ortho intramolecular Hbond substituents is 1. The number of H-pyrrole nitrogens is 1. The van der Waals surface area contributed by atoms with E-state index in [1.165, 1.54) is 0 Å². The summed E-state index contributed by atoms with van der Waals surface area (Å²) in [6.07, 6.45) is 0. The second kappa shape index (κ2) is 4.86. The van der Waals surface area contributed by atoms with Crippen molar-refractivity contribution in [2.75, 3.05) is 0 Å². The third-order valence-electron chi connectivity index (χ3n) is 2.90. The largest absolute Gasteiger partial charge is 0.507 e. The number of fused-ring (bicyclic) bond motifs is 1. The zero-order valence-electron chi connectivity index (χ0n) is 10.1. The van der Waals surface area contributed by atoms with E-state index in [0.29, 0.717) is 11.6 Å². The highest BCUT2D eigenvalue weighted by molar-refractivity contribution is 6.30. The normalized spacial score (nSPS) is 10.8. The Morgan fingerprint density at radius 2 is 1.89 bits per heavy atom. The molecule has 0 bridgehead atoms. The van der Waals surface area contributed by atoms with Crippen molar-refractivity contribution in [1.82, 2.24) is 4.98 Å². The van der Waals surface area contributed by atoms with Gasteiger partial charge in [0.2, 0.25) is 0 Å². The Bertz CT molecular complexity index is 704. The van der Waals surface area contributed by atoms with Crippen molar-refractivity contribution in [3.63, 3.8) is 0 Å². The van der Waals surface area contributed by atoms with Crippen LogP contribution in [0.5, 0.6) is 11.5 Å². The molecule has 3 aromatic rings. The summed E-state index contributed by atoms with van der Waals surface area (Å²) in [7, 11) is 0. The second-order valence-corrected chi connectivity index (χ2v) is 4.71. The van der Waals surface area contributed by atoms with Gasteiger partial charge in [0, 0.05) is 15.9 Å². The monoisotopic (exact) mass is 273 g/mol. The minimum atomic E-state index is 0.270. The number of hydrogen-bond acceptors (Lipinski definition) is 2. The molecule has 0 saturated carbocycles. The molecule has 2 N–H and O–H groups in total. The first-order valence-corrected chi connectivity index (χ1v) is 6.28. The summed E-state index contributed by atoms with van der Waals surface area (Å²) in [5.74, 6) is 1.03. The lowest BCUT2D eigenvalue weighted by Crippen LogP contribution is -1.94. The number of rotatable bonds is 3. The van der Waals surface area contributed by atoms with Crippen LogP contribution in [-0.4, -0.2) is 10.1 Å². The van der Waals surface area contributed by atoms with E-state index in [-0.39, 0.29) is 5.75 Å².